The van der Waals surface area contributed by atoms with Crippen LogP contribution in [0.4, 0.5) is 4.39 Å². The molecule has 1 aromatic heterocycles. The van der Waals surface area contributed by atoms with Gasteiger partial charge in [0.1, 0.15) is 5.82 Å². The molecule has 0 bridgehead atoms. The molecule has 0 saturated carbocycles. The highest BCUT2D eigenvalue weighted by Gasteiger charge is 2.14. The van der Waals surface area contributed by atoms with E-state index in [-0.39, 0.29) is 18.0 Å². The van der Waals surface area contributed by atoms with Crippen LogP contribution in [0.3, 0.4) is 0 Å². The molecule has 1 aromatic carbocycles. The number of likely N-dealkylation sites (N-methyl/N-ethyl adjacent to an activating group) is 1. The van der Waals surface area contributed by atoms with Crippen LogP contribution in [0.25, 0.3) is 0 Å². The van der Waals surface area contributed by atoms with Gasteiger partial charge < -0.3 is 10.2 Å². The van der Waals surface area contributed by atoms with Gasteiger partial charge >= 0.3 is 0 Å². The van der Waals surface area contributed by atoms with Crippen LogP contribution >= 0.6 is 11.3 Å². The van der Waals surface area contributed by atoms with Crippen LogP contribution in [0.1, 0.15) is 22.2 Å². The van der Waals surface area contributed by atoms with Crippen molar-refractivity contribution in [2.24, 2.45) is 0 Å². The highest BCUT2D eigenvalue weighted by atomic mass is 32.1. The lowest BCUT2D eigenvalue weighted by Crippen LogP contribution is -2.39. The third-order valence-corrected chi connectivity index (χ3v) is 4.01. The minimum atomic E-state index is -0.480. The molecule has 0 spiro atoms. The number of rotatable bonds is 6. The molecule has 22 heavy (non-hydrogen) atoms. The third kappa shape index (κ3) is 4.39. The van der Waals surface area contributed by atoms with Gasteiger partial charge in [0.05, 0.1) is 13.1 Å². The number of nitrogens with zero attached hydrogens (tertiary/aromatic N) is 1. The maximum absolute atomic E-state index is 13.1. The van der Waals surface area contributed by atoms with Crippen molar-refractivity contribution in [3.8, 4) is 0 Å². The predicted octanol–water partition coefficient (Wildman–Crippen LogP) is 2.67. The maximum atomic E-state index is 13.1. The highest BCUT2D eigenvalue weighted by molar-refractivity contribution is 7.09. The zero-order chi connectivity index (χ0) is 15.9. The molecule has 0 aliphatic rings. The number of benzene rings is 1. The van der Waals surface area contributed by atoms with E-state index in [9.17, 15) is 14.0 Å². The van der Waals surface area contributed by atoms with Crippen molar-refractivity contribution in [3.05, 3.63) is 58.0 Å². The molecule has 116 valence electrons. The van der Waals surface area contributed by atoms with E-state index in [0.29, 0.717) is 13.1 Å². The second kappa shape index (κ2) is 7.70. The first-order valence-corrected chi connectivity index (χ1v) is 7.82. The molecular formula is C16H17FN2O2S. The quantitative estimate of drug-likeness (QED) is 0.889. The second-order valence-electron chi connectivity index (χ2n) is 4.68. The highest BCUT2D eigenvalue weighted by Crippen LogP contribution is 2.11. The molecule has 2 amide bonds. The van der Waals surface area contributed by atoms with Crippen LogP contribution in [0, 0.1) is 5.82 Å². The smallest absolute Gasteiger partial charge is 0.251 e. The van der Waals surface area contributed by atoms with E-state index in [1.54, 1.807) is 16.2 Å². The third-order valence-electron chi connectivity index (χ3n) is 3.15. The summed E-state index contributed by atoms with van der Waals surface area (Å²) in [6.45, 7) is 2.88. The fourth-order valence-electron chi connectivity index (χ4n) is 1.97. The second-order valence-corrected chi connectivity index (χ2v) is 5.71. The molecule has 0 aliphatic heterocycles. The van der Waals surface area contributed by atoms with Gasteiger partial charge in [-0.3, -0.25) is 9.59 Å². The largest absolute Gasteiger partial charge is 0.343 e. The Bertz CT molecular complexity index is 643. The van der Waals surface area contributed by atoms with Gasteiger partial charge in [-0.2, -0.15) is 0 Å². The van der Waals surface area contributed by atoms with Gasteiger partial charge in [0.15, 0.2) is 0 Å². The molecule has 1 heterocycles. The molecule has 0 fully saturated rings. The lowest BCUT2D eigenvalue weighted by atomic mass is 10.2. The SMILES string of the molecule is CCN(Cc1cccs1)C(=O)CNC(=O)c1cccc(F)c1. The molecule has 1 N–H and O–H groups in total. The fourth-order valence-corrected chi connectivity index (χ4v) is 2.69. The number of carbonyl (C=O) groups excluding carboxylic acids is 2. The lowest BCUT2D eigenvalue weighted by Gasteiger charge is -2.20. The van der Waals surface area contributed by atoms with E-state index in [1.807, 2.05) is 24.4 Å². The summed E-state index contributed by atoms with van der Waals surface area (Å²) in [4.78, 5) is 26.8. The fraction of sp³-hybridized carbons (Fsp3) is 0.250. The van der Waals surface area contributed by atoms with E-state index < -0.39 is 11.7 Å². The van der Waals surface area contributed by atoms with Crippen molar-refractivity contribution in [2.45, 2.75) is 13.5 Å². The van der Waals surface area contributed by atoms with E-state index in [1.165, 1.54) is 18.2 Å². The molecular weight excluding hydrogens is 303 g/mol. The molecule has 0 saturated heterocycles. The van der Waals surface area contributed by atoms with Gasteiger partial charge in [0, 0.05) is 17.0 Å². The Morgan fingerprint density at radius 2 is 2.09 bits per heavy atom. The summed E-state index contributed by atoms with van der Waals surface area (Å²) in [7, 11) is 0. The minimum Gasteiger partial charge on any atom is -0.343 e. The molecule has 0 unspecified atom stereocenters. The van der Waals surface area contributed by atoms with E-state index in [2.05, 4.69) is 5.32 Å². The van der Waals surface area contributed by atoms with Crippen molar-refractivity contribution in [1.29, 1.82) is 0 Å². The predicted molar refractivity (Wildman–Crippen MR) is 84.1 cm³/mol. The van der Waals surface area contributed by atoms with E-state index in [0.717, 1.165) is 10.9 Å². The van der Waals surface area contributed by atoms with Gasteiger partial charge in [-0.25, -0.2) is 4.39 Å². The Balaban J connectivity index is 1.89. The molecule has 2 aromatic rings. The average Bonchev–Trinajstić information content (AvgIpc) is 3.03. The monoisotopic (exact) mass is 320 g/mol. The van der Waals surface area contributed by atoms with Crippen molar-refractivity contribution in [3.63, 3.8) is 0 Å². The number of hydrogen-bond donors (Lipinski definition) is 1. The summed E-state index contributed by atoms with van der Waals surface area (Å²) in [6.07, 6.45) is 0. The molecule has 0 atom stereocenters. The van der Waals surface area contributed by atoms with Gasteiger partial charge in [-0.15, -0.1) is 11.3 Å². The van der Waals surface area contributed by atoms with Crippen molar-refractivity contribution < 1.29 is 14.0 Å². The minimum absolute atomic E-state index is 0.103. The van der Waals surface area contributed by atoms with Crippen molar-refractivity contribution in [2.75, 3.05) is 13.1 Å². The molecule has 6 heteroatoms. The molecule has 0 radical (unpaired) electrons. The van der Waals surface area contributed by atoms with E-state index >= 15 is 0 Å². The van der Waals surface area contributed by atoms with E-state index in [4.69, 9.17) is 0 Å². The first kappa shape index (κ1) is 16.2. The zero-order valence-corrected chi connectivity index (χ0v) is 13.0. The van der Waals surface area contributed by atoms with Gasteiger partial charge in [0.25, 0.3) is 5.91 Å². The summed E-state index contributed by atoms with van der Waals surface area (Å²) in [5.74, 6) is -1.10. The standard InChI is InChI=1S/C16H17FN2O2S/c1-2-19(11-14-7-4-8-22-14)15(20)10-18-16(21)12-5-3-6-13(17)9-12/h3-9H,2,10-11H2,1H3,(H,18,21). The van der Waals surface area contributed by atoms with Crippen LogP contribution in [0.5, 0.6) is 0 Å². The van der Waals surface area contributed by atoms with Crippen LogP contribution in [0.2, 0.25) is 0 Å². The number of thiophene rings is 1. The van der Waals surface area contributed by atoms with Gasteiger partial charge in [0.2, 0.25) is 5.91 Å². The topological polar surface area (TPSA) is 49.4 Å². The number of nitrogens with one attached hydrogen (secondary N) is 1. The van der Waals surface area contributed by atoms with Crippen LogP contribution in [-0.4, -0.2) is 29.8 Å². The Labute approximate surface area is 132 Å². The first-order chi connectivity index (χ1) is 10.6. The summed E-state index contributed by atoms with van der Waals surface area (Å²) >= 11 is 1.58. The lowest BCUT2D eigenvalue weighted by molar-refractivity contribution is -0.130. The Morgan fingerprint density at radius 1 is 1.27 bits per heavy atom. The Kier molecular flexibility index (Phi) is 5.66. The first-order valence-electron chi connectivity index (χ1n) is 6.94. The van der Waals surface area contributed by atoms with Crippen LogP contribution in [-0.2, 0) is 11.3 Å². The molecule has 0 aliphatic carbocycles. The number of amides is 2. The summed E-state index contributed by atoms with van der Waals surface area (Å²) < 4.78 is 13.1. The van der Waals surface area contributed by atoms with Crippen molar-refractivity contribution in [1.82, 2.24) is 10.2 Å². The zero-order valence-electron chi connectivity index (χ0n) is 12.2. The summed E-state index contributed by atoms with van der Waals surface area (Å²) in [5.41, 5.74) is 0.203. The maximum Gasteiger partial charge on any atom is 0.251 e. The Morgan fingerprint density at radius 3 is 2.73 bits per heavy atom. The number of hydrogen-bond acceptors (Lipinski definition) is 3. The summed E-state index contributed by atoms with van der Waals surface area (Å²) in [6, 6.07) is 9.27. The number of halogens is 1. The molecule has 2 rings (SSSR count). The molecule has 4 nitrogen and oxygen atoms in total. The summed E-state index contributed by atoms with van der Waals surface area (Å²) in [5, 5.41) is 4.48. The normalized spacial score (nSPS) is 10.3. The van der Waals surface area contributed by atoms with Gasteiger partial charge in [-0.05, 0) is 36.6 Å². The Hall–Kier alpha value is -2.21. The van der Waals surface area contributed by atoms with Crippen molar-refractivity contribution >= 4 is 23.2 Å². The van der Waals surface area contributed by atoms with Crippen LogP contribution < -0.4 is 5.32 Å². The van der Waals surface area contributed by atoms with Crippen LogP contribution in [0.15, 0.2) is 41.8 Å². The average molecular weight is 320 g/mol. The van der Waals surface area contributed by atoms with Gasteiger partial charge in [-0.1, -0.05) is 12.1 Å². The number of carbonyl (C=O) groups is 2.